The molecule has 0 saturated carbocycles. The molecule has 0 aromatic heterocycles. The van der Waals surface area contributed by atoms with E-state index in [2.05, 4.69) is 5.32 Å². The van der Waals surface area contributed by atoms with E-state index in [1.54, 1.807) is 43.3 Å². The molecule has 0 aliphatic carbocycles. The maximum Gasteiger partial charge on any atom is 0.163 e. The Bertz CT molecular complexity index is 1040. The second-order valence-electron chi connectivity index (χ2n) is 6.98. The smallest absolute Gasteiger partial charge is 0.163 e. The Morgan fingerprint density at radius 2 is 1.79 bits per heavy atom. The third-order valence-electron chi connectivity index (χ3n) is 4.95. The number of anilines is 1. The van der Waals surface area contributed by atoms with Crippen molar-refractivity contribution in [3.8, 4) is 5.75 Å². The van der Waals surface area contributed by atoms with E-state index < -0.39 is 6.10 Å². The number of Topliss-reactive ketones (excluding diaryl/α,β-unsaturated/α-hetero) is 1. The number of hydrogen-bond acceptors (Lipinski definition) is 5. The molecule has 5 nitrogen and oxygen atoms in total. The second kappa shape index (κ2) is 8.71. The normalized spacial score (nSPS) is 11.7. The molecule has 3 aromatic rings. The Balaban J connectivity index is 1.70. The van der Waals surface area contributed by atoms with Crippen LogP contribution in [0, 0.1) is 6.92 Å². The van der Waals surface area contributed by atoms with E-state index in [1.165, 1.54) is 6.92 Å². The molecule has 0 radical (unpaired) electrons. The number of nitrogens with one attached hydrogen (secondary N) is 1. The summed E-state index contributed by atoms with van der Waals surface area (Å²) in [4.78, 5) is 22.4. The number of aldehydes is 1. The first-order valence-electron chi connectivity index (χ1n) is 9.30. The van der Waals surface area contributed by atoms with Crippen LogP contribution in [0.3, 0.4) is 0 Å². The molecule has 0 fully saturated rings. The van der Waals surface area contributed by atoms with Crippen molar-refractivity contribution in [3.05, 3.63) is 94.0 Å². The average molecular weight is 389 g/mol. The fraction of sp³-hybridized carbons (Fsp3) is 0.167. The lowest BCUT2D eigenvalue weighted by molar-refractivity contribution is 0.101. The molecule has 0 saturated heterocycles. The van der Waals surface area contributed by atoms with Crippen LogP contribution in [0.15, 0.2) is 60.7 Å². The van der Waals surface area contributed by atoms with Crippen molar-refractivity contribution in [1.29, 1.82) is 0 Å². The molecule has 0 bridgehead atoms. The maximum atomic E-state index is 11.5. The topological polar surface area (TPSA) is 86.6 Å². The number of aliphatic hydroxyl groups is 1. The standard InChI is InChI=1S/C24H23NO4/c1-15-22(11-10-21(16(2)27)23(15)28)25-13-17-6-8-19(9-7-17)24(29)20-5-3-4-18(12-20)14-26/h3-12,14,24-25,28-29H,13H2,1-2H3. The predicted octanol–water partition coefficient (Wildman–Crippen LogP) is 4.41. The summed E-state index contributed by atoms with van der Waals surface area (Å²) in [5.41, 5.74) is 4.61. The molecule has 3 aromatic carbocycles. The lowest BCUT2D eigenvalue weighted by Crippen LogP contribution is -2.04. The third kappa shape index (κ3) is 4.52. The van der Waals surface area contributed by atoms with Crippen molar-refractivity contribution in [1.82, 2.24) is 0 Å². The van der Waals surface area contributed by atoms with Gasteiger partial charge >= 0.3 is 0 Å². The van der Waals surface area contributed by atoms with Crippen LogP contribution in [0.2, 0.25) is 0 Å². The molecule has 3 N–H and O–H groups in total. The van der Waals surface area contributed by atoms with Gasteiger partial charge in [0.15, 0.2) is 5.78 Å². The van der Waals surface area contributed by atoms with Crippen LogP contribution in [0.4, 0.5) is 5.69 Å². The number of ketones is 1. The SMILES string of the molecule is CC(=O)c1ccc(NCc2ccc(C(O)c3cccc(C=O)c3)cc2)c(C)c1O. The van der Waals surface area contributed by atoms with Gasteiger partial charge in [0.25, 0.3) is 0 Å². The van der Waals surface area contributed by atoms with Gasteiger partial charge in [0.05, 0.1) is 5.56 Å². The molecule has 3 rings (SSSR count). The highest BCUT2D eigenvalue weighted by molar-refractivity contribution is 5.97. The second-order valence-corrected chi connectivity index (χ2v) is 6.98. The number of aliphatic hydroxyl groups excluding tert-OH is 1. The van der Waals surface area contributed by atoms with Crippen LogP contribution in [0.1, 0.15) is 56.0 Å². The van der Waals surface area contributed by atoms with Gasteiger partial charge in [-0.1, -0.05) is 42.5 Å². The van der Waals surface area contributed by atoms with Crippen LogP contribution < -0.4 is 5.32 Å². The van der Waals surface area contributed by atoms with Crippen molar-refractivity contribution in [2.45, 2.75) is 26.5 Å². The Hall–Kier alpha value is -3.44. The zero-order valence-electron chi connectivity index (χ0n) is 16.3. The van der Waals surface area contributed by atoms with Crippen LogP contribution >= 0.6 is 0 Å². The van der Waals surface area contributed by atoms with Crippen LogP contribution in [-0.2, 0) is 6.54 Å². The number of phenolic OH excluding ortho intramolecular Hbond substituents is 1. The number of benzene rings is 3. The van der Waals surface area contributed by atoms with E-state index >= 15 is 0 Å². The maximum absolute atomic E-state index is 11.5. The van der Waals surface area contributed by atoms with E-state index in [-0.39, 0.29) is 11.5 Å². The van der Waals surface area contributed by atoms with Gasteiger partial charge in [-0.05, 0) is 48.7 Å². The largest absolute Gasteiger partial charge is 0.507 e. The van der Waals surface area contributed by atoms with Gasteiger partial charge in [-0.2, -0.15) is 0 Å². The highest BCUT2D eigenvalue weighted by atomic mass is 16.3. The van der Waals surface area contributed by atoms with Gasteiger partial charge in [0.1, 0.15) is 18.1 Å². The van der Waals surface area contributed by atoms with Crippen LogP contribution in [-0.4, -0.2) is 22.3 Å². The van der Waals surface area contributed by atoms with Crippen molar-refractivity contribution >= 4 is 17.8 Å². The molecule has 0 spiro atoms. The zero-order valence-corrected chi connectivity index (χ0v) is 16.3. The number of carbonyl (C=O) groups excluding carboxylic acids is 2. The minimum absolute atomic E-state index is 0.00137. The number of rotatable bonds is 7. The summed E-state index contributed by atoms with van der Waals surface area (Å²) in [5, 5.41) is 24.0. The van der Waals surface area contributed by atoms with Crippen molar-refractivity contribution < 1.29 is 19.8 Å². The number of phenols is 1. The van der Waals surface area contributed by atoms with Crippen LogP contribution in [0.25, 0.3) is 0 Å². The van der Waals surface area contributed by atoms with Crippen molar-refractivity contribution in [2.75, 3.05) is 5.32 Å². The lowest BCUT2D eigenvalue weighted by atomic mass is 9.99. The summed E-state index contributed by atoms with van der Waals surface area (Å²) in [6.45, 7) is 3.71. The summed E-state index contributed by atoms with van der Waals surface area (Å²) in [6, 6.07) is 17.8. The molecule has 29 heavy (non-hydrogen) atoms. The molecule has 1 atom stereocenters. The Morgan fingerprint density at radius 3 is 2.45 bits per heavy atom. The molecular formula is C24H23NO4. The van der Waals surface area contributed by atoms with Gasteiger partial charge in [-0.25, -0.2) is 0 Å². The monoisotopic (exact) mass is 389 g/mol. The lowest BCUT2D eigenvalue weighted by Gasteiger charge is -2.14. The number of aromatic hydroxyl groups is 1. The molecule has 5 heteroatoms. The highest BCUT2D eigenvalue weighted by Crippen LogP contribution is 2.29. The highest BCUT2D eigenvalue weighted by Gasteiger charge is 2.13. The van der Waals surface area contributed by atoms with Gasteiger partial charge < -0.3 is 15.5 Å². The summed E-state index contributed by atoms with van der Waals surface area (Å²) in [5.74, 6) is -0.177. The summed E-state index contributed by atoms with van der Waals surface area (Å²) in [6.07, 6.45) is -0.0523. The van der Waals surface area contributed by atoms with E-state index in [9.17, 15) is 19.8 Å². The quantitative estimate of drug-likeness (QED) is 0.412. The van der Waals surface area contributed by atoms with Gasteiger partial charge in [0, 0.05) is 23.4 Å². The van der Waals surface area contributed by atoms with Gasteiger partial charge in [0.2, 0.25) is 0 Å². The fourth-order valence-electron chi connectivity index (χ4n) is 3.19. The fourth-order valence-corrected chi connectivity index (χ4v) is 3.19. The predicted molar refractivity (Wildman–Crippen MR) is 113 cm³/mol. The van der Waals surface area contributed by atoms with Gasteiger partial charge in [-0.15, -0.1) is 0 Å². The Morgan fingerprint density at radius 1 is 1.07 bits per heavy atom. The number of hydrogen-bond donors (Lipinski definition) is 3. The van der Waals surface area contributed by atoms with Gasteiger partial charge in [-0.3, -0.25) is 9.59 Å². The molecule has 148 valence electrons. The van der Waals surface area contributed by atoms with E-state index in [0.29, 0.717) is 28.8 Å². The average Bonchev–Trinajstić information content (AvgIpc) is 2.74. The Labute approximate surface area is 169 Å². The number of carbonyl (C=O) groups is 2. The molecule has 0 aliphatic heterocycles. The van der Waals surface area contributed by atoms with E-state index in [4.69, 9.17) is 0 Å². The molecule has 1 unspecified atom stereocenters. The summed E-state index contributed by atoms with van der Waals surface area (Å²) < 4.78 is 0. The molecule has 0 amide bonds. The summed E-state index contributed by atoms with van der Waals surface area (Å²) in [7, 11) is 0. The minimum Gasteiger partial charge on any atom is -0.507 e. The first-order chi connectivity index (χ1) is 13.9. The van der Waals surface area contributed by atoms with E-state index in [1.807, 2.05) is 24.3 Å². The minimum atomic E-state index is -0.810. The van der Waals surface area contributed by atoms with Crippen molar-refractivity contribution in [3.63, 3.8) is 0 Å². The summed E-state index contributed by atoms with van der Waals surface area (Å²) >= 11 is 0. The van der Waals surface area contributed by atoms with Crippen molar-refractivity contribution in [2.24, 2.45) is 0 Å². The third-order valence-corrected chi connectivity index (χ3v) is 4.95. The Kier molecular flexibility index (Phi) is 6.10. The first kappa shape index (κ1) is 20.3. The molecular weight excluding hydrogens is 366 g/mol. The molecule has 0 heterocycles. The van der Waals surface area contributed by atoms with E-state index in [0.717, 1.165) is 23.1 Å². The van der Waals surface area contributed by atoms with Crippen LogP contribution in [0.5, 0.6) is 5.75 Å². The molecule has 0 aliphatic rings. The zero-order chi connectivity index (χ0) is 21.0. The first-order valence-corrected chi connectivity index (χ1v) is 9.30.